The Kier molecular flexibility index (Phi) is 5.94. The van der Waals surface area contributed by atoms with E-state index in [1.165, 1.54) is 24.8 Å². The lowest BCUT2D eigenvalue weighted by Gasteiger charge is -2.33. The number of nitrogens with one attached hydrogen (secondary N) is 1. The molecular formula is C19H21Cl2N3O. The molecule has 1 amide bonds. The fourth-order valence-corrected chi connectivity index (χ4v) is 3.43. The van der Waals surface area contributed by atoms with Crippen LogP contribution in [0.15, 0.2) is 36.4 Å². The fraction of sp³-hybridized carbons (Fsp3) is 0.368. The normalized spacial score (nSPS) is 18.1. The van der Waals surface area contributed by atoms with Crippen LogP contribution in [0.4, 0.5) is 5.69 Å². The molecule has 25 heavy (non-hydrogen) atoms. The van der Waals surface area contributed by atoms with Gasteiger partial charge in [-0.1, -0.05) is 41.8 Å². The summed E-state index contributed by atoms with van der Waals surface area (Å²) >= 11 is 11.9. The number of pyridine rings is 1. The molecule has 0 radical (unpaired) electrons. The standard InChI is InChI=1S/C19H21Cl2N3O/c1-13-4-2-3-11-24(13)12-14-5-7-15(8-6-14)22-19(25)18-16(20)9-10-17(21)23-18/h5-10,13H,2-4,11-12H2,1H3,(H,22,25). The molecule has 1 unspecified atom stereocenters. The summed E-state index contributed by atoms with van der Waals surface area (Å²) in [6, 6.07) is 11.6. The van der Waals surface area contributed by atoms with E-state index in [1.54, 1.807) is 12.1 Å². The van der Waals surface area contributed by atoms with Crippen LogP contribution in [0.1, 0.15) is 42.2 Å². The highest BCUT2D eigenvalue weighted by Gasteiger charge is 2.18. The SMILES string of the molecule is CC1CCCCN1Cc1ccc(NC(=O)c2nc(Cl)ccc2Cl)cc1. The molecule has 1 aliphatic heterocycles. The maximum absolute atomic E-state index is 12.3. The lowest BCUT2D eigenvalue weighted by atomic mass is 10.0. The van der Waals surface area contributed by atoms with Crippen molar-refractivity contribution in [1.82, 2.24) is 9.88 Å². The third-order valence-corrected chi connectivity index (χ3v) is 5.08. The van der Waals surface area contributed by atoms with Crippen LogP contribution >= 0.6 is 23.2 Å². The minimum Gasteiger partial charge on any atom is -0.321 e. The summed E-state index contributed by atoms with van der Waals surface area (Å²) in [7, 11) is 0. The molecule has 132 valence electrons. The fourth-order valence-electron chi connectivity index (χ4n) is 3.09. The van der Waals surface area contributed by atoms with Gasteiger partial charge in [0.25, 0.3) is 5.91 Å². The summed E-state index contributed by atoms with van der Waals surface area (Å²) in [5.41, 5.74) is 2.07. The van der Waals surface area contributed by atoms with Crippen LogP contribution in [0, 0.1) is 0 Å². The molecule has 1 aromatic heterocycles. The highest BCUT2D eigenvalue weighted by atomic mass is 35.5. The third kappa shape index (κ3) is 4.72. The van der Waals surface area contributed by atoms with E-state index in [4.69, 9.17) is 23.2 Å². The van der Waals surface area contributed by atoms with Gasteiger partial charge in [-0.2, -0.15) is 0 Å². The quantitative estimate of drug-likeness (QED) is 0.761. The monoisotopic (exact) mass is 377 g/mol. The van der Waals surface area contributed by atoms with Gasteiger partial charge in [-0.25, -0.2) is 4.98 Å². The van der Waals surface area contributed by atoms with E-state index in [0.717, 1.165) is 13.1 Å². The number of amides is 1. The van der Waals surface area contributed by atoms with E-state index in [1.807, 2.05) is 24.3 Å². The van der Waals surface area contributed by atoms with Crippen LogP contribution in [-0.4, -0.2) is 28.4 Å². The molecule has 1 N–H and O–H groups in total. The summed E-state index contributed by atoms with van der Waals surface area (Å²) in [5, 5.41) is 3.32. The number of nitrogens with zero attached hydrogens (tertiary/aromatic N) is 2. The Morgan fingerprint density at radius 2 is 1.96 bits per heavy atom. The number of carbonyl (C=O) groups excluding carboxylic acids is 1. The molecule has 0 bridgehead atoms. The molecule has 3 rings (SSSR count). The van der Waals surface area contributed by atoms with Gasteiger partial charge in [0.1, 0.15) is 10.8 Å². The number of rotatable bonds is 4. The zero-order valence-electron chi connectivity index (χ0n) is 14.1. The van der Waals surface area contributed by atoms with Crippen molar-refractivity contribution < 1.29 is 4.79 Å². The molecule has 6 heteroatoms. The van der Waals surface area contributed by atoms with Gasteiger partial charge in [0.05, 0.1) is 5.02 Å². The van der Waals surface area contributed by atoms with Gasteiger partial charge in [-0.3, -0.25) is 9.69 Å². The number of halogens is 2. The molecule has 1 fully saturated rings. The molecule has 1 atom stereocenters. The maximum Gasteiger partial charge on any atom is 0.275 e. The average Bonchev–Trinajstić information content (AvgIpc) is 2.60. The first kappa shape index (κ1) is 18.2. The van der Waals surface area contributed by atoms with Gasteiger partial charge < -0.3 is 5.32 Å². The van der Waals surface area contributed by atoms with Crippen LogP contribution in [0.25, 0.3) is 0 Å². The van der Waals surface area contributed by atoms with Gasteiger partial charge in [0, 0.05) is 18.3 Å². The number of aromatic nitrogens is 1. The van der Waals surface area contributed by atoms with Crippen molar-refractivity contribution in [3.63, 3.8) is 0 Å². The van der Waals surface area contributed by atoms with Crippen LogP contribution in [-0.2, 0) is 6.54 Å². The number of anilines is 1. The molecule has 1 aromatic carbocycles. The van der Waals surface area contributed by atoms with Crippen molar-refractivity contribution in [3.8, 4) is 0 Å². The van der Waals surface area contributed by atoms with Gasteiger partial charge in [0.15, 0.2) is 0 Å². The predicted molar refractivity (Wildman–Crippen MR) is 102 cm³/mol. The molecular weight excluding hydrogens is 357 g/mol. The number of hydrogen-bond donors (Lipinski definition) is 1. The molecule has 4 nitrogen and oxygen atoms in total. The first-order chi connectivity index (χ1) is 12.0. The zero-order chi connectivity index (χ0) is 17.8. The maximum atomic E-state index is 12.3. The molecule has 0 spiro atoms. The minimum absolute atomic E-state index is 0.125. The van der Waals surface area contributed by atoms with E-state index < -0.39 is 0 Å². The minimum atomic E-state index is -0.370. The lowest BCUT2D eigenvalue weighted by molar-refractivity contribution is 0.102. The van der Waals surface area contributed by atoms with Crippen molar-refractivity contribution in [2.24, 2.45) is 0 Å². The smallest absolute Gasteiger partial charge is 0.275 e. The van der Waals surface area contributed by atoms with E-state index in [2.05, 4.69) is 22.1 Å². The predicted octanol–water partition coefficient (Wildman–Crippen LogP) is 5.02. The Balaban J connectivity index is 1.64. The van der Waals surface area contributed by atoms with Gasteiger partial charge in [-0.05, 0) is 56.1 Å². The molecule has 2 aromatic rings. The molecule has 0 aliphatic carbocycles. The van der Waals surface area contributed by atoms with Crippen molar-refractivity contribution in [1.29, 1.82) is 0 Å². The van der Waals surface area contributed by atoms with Crippen molar-refractivity contribution >= 4 is 34.8 Å². The van der Waals surface area contributed by atoms with Crippen LogP contribution < -0.4 is 5.32 Å². The highest BCUT2D eigenvalue weighted by molar-refractivity contribution is 6.35. The third-order valence-electron chi connectivity index (χ3n) is 4.57. The second-order valence-electron chi connectivity index (χ2n) is 6.43. The van der Waals surface area contributed by atoms with Crippen LogP contribution in [0.5, 0.6) is 0 Å². The topological polar surface area (TPSA) is 45.2 Å². The van der Waals surface area contributed by atoms with E-state index in [-0.39, 0.29) is 21.8 Å². The second-order valence-corrected chi connectivity index (χ2v) is 7.23. The van der Waals surface area contributed by atoms with E-state index in [9.17, 15) is 4.79 Å². The molecule has 0 saturated carbocycles. The summed E-state index contributed by atoms with van der Waals surface area (Å²) < 4.78 is 0. The highest BCUT2D eigenvalue weighted by Crippen LogP contribution is 2.21. The number of hydrogen-bond acceptors (Lipinski definition) is 3. The van der Waals surface area contributed by atoms with Crippen LogP contribution in [0.3, 0.4) is 0 Å². The Labute approximate surface area is 158 Å². The summed E-state index contributed by atoms with van der Waals surface area (Å²) in [6.45, 7) is 4.38. The van der Waals surface area contributed by atoms with E-state index in [0.29, 0.717) is 11.7 Å². The van der Waals surface area contributed by atoms with Gasteiger partial charge in [-0.15, -0.1) is 0 Å². The number of likely N-dealkylation sites (tertiary alicyclic amines) is 1. The van der Waals surface area contributed by atoms with E-state index >= 15 is 0 Å². The Bertz CT molecular complexity index is 749. The Morgan fingerprint density at radius 3 is 2.68 bits per heavy atom. The summed E-state index contributed by atoms with van der Waals surface area (Å²) in [4.78, 5) is 18.8. The Morgan fingerprint density at radius 1 is 1.20 bits per heavy atom. The first-order valence-corrected chi connectivity index (χ1v) is 9.25. The largest absolute Gasteiger partial charge is 0.321 e. The molecule has 2 heterocycles. The van der Waals surface area contributed by atoms with Crippen molar-refractivity contribution in [2.45, 2.75) is 38.8 Å². The molecule has 1 saturated heterocycles. The lowest BCUT2D eigenvalue weighted by Crippen LogP contribution is -2.36. The van der Waals surface area contributed by atoms with Crippen molar-refractivity contribution in [2.75, 3.05) is 11.9 Å². The Hall–Kier alpha value is -1.62. The average molecular weight is 378 g/mol. The number of benzene rings is 1. The second kappa shape index (κ2) is 8.17. The van der Waals surface area contributed by atoms with Crippen molar-refractivity contribution in [3.05, 3.63) is 57.8 Å². The van der Waals surface area contributed by atoms with Gasteiger partial charge in [0.2, 0.25) is 0 Å². The van der Waals surface area contributed by atoms with Gasteiger partial charge >= 0.3 is 0 Å². The number of piperidine rings is 1. The first-order valence-electron chi connectivity index (χ1n) is 8.49. The summed E-state index contributed by atoms with van der Waals surface area (Å²) in [5.74, 6) is -0.370. The molecule has 1 aliphatic rings. The number of carbonyl (C=O) groups is 1. The zero-order valence-corrected chi connectivity index (χ0v) is 15.6. The summed E-state index contributed by atoms with van der Waals surface area (Å²) in [6.07, 6.45) is 3.86. The van der Waals surface area contributed by atoms with Crippen LogP contribution in [0.2, 0.25) is 10.2 Å².